The summed E-state index contributed by atoms with van der Waals surface area (Å²) in [4.78, 5) is 21.3. The van der Waals surface area contributed by atoms with Crippen molar-refractivity contribution in [3.8, 4) is 0 Å². The molecule has 34 heavy (non-hydrogen) atoms. The largest absolute Gasteiger partial charge is 0.394 e. The van der Waals surface area contributed by atoms with E-state index in [0.717, 1.165) is 18.5 Å². The molecule has 0 aliphatic carbocycles. The second kappa shape index (κ2) is 9.32. The van der Waals surface area contributed by atoms with E-state index in [0.29, 0.717) is 40.6 Å². The molecule has 0 bridgehead atoms. The Balaban J connectivity index is 1.44. The molecule has 0 unspecified atom stereocenters. The van der Waals surface area contributed by atoms with E-state index in [1.165, 1.54) is 18.5 Å². The van der Waals surface area contributed by atoms with Crippen molar-refractivity contribution in [3.63, 3.8) is 0 Å². The van der Waals surface area contributed by atoms with Gasteiger partial charge in [-0.15, -0.1) is 0 Å². The minimum Gasteiger partial charge on any atom is -0.394 e. The zero-order chi connectivity index (χ0) is 23.8. The Morgan fingerprint density at radius 1 is 1.12 bits per heavy atom. The lowest BCUT2D eigenvalue weighted by atomic mass is 10.1. The van der Waals surface area contributed by atoms with Crippen molar-refractivity contribution in [2.45, 2.75) is 37.9 Å². The van der Waals surface area contributed by atoms with Gasteiger partial charge in [-0.3, -0.25) is 9.48 Å². The molecule has 2 aromatic heterocycles. The van der Waals surface area contributed by atoms with Crippen LogP contribution in [0.15, 0.2) is 42.7 Å². The number of aliphatic hydroxyl groups is 2. The molecule has 1 amide bonds. The number of nitrogens with zero attached hydrogens (tertiary/aromatic N) is 5. The molecule has 1 aromatic carbocycles. The monoisotopic (exact) mass is 485 g/mol. The van der Waals surface area contributed by atoms with Crippen LogP contribution in [0.5, 0.6) is 0 Å². The molecule has 0 spiro atoms. The fourth-order valence-electron chi connectivity index (χ4n) is 4.93. The number of aliphatic hydroxyl groups excluding tert-OH is 2. The number of hydrogen-bond donors (Lipinski definition) is 2. The van der Waals surface area contributed by atoms with Gasteiger partial charge in [0.1, 0.15) is 11.6 Å². The van der Waals surface area contributed by atoms with Crippen LogP contribution in [0.25, 0.3) is 0 Å². The molecule has 1 fully saturated rings. The van der Waals surface area contributed by atoms with E-state index in [2.05, 4.69) is 10.1 Å². The second-order valence-electron chi connectivity index (χ2n) is 8.61. The molecule has 0 radical (unpaired) electrons. The maximum Gasteiger partial charge on any atom is 0.261 e. The van der Waals surface area contributed by atoms with Gasteiger partial charge in [-0.25, -0.2) is 9.37 Å². The van der Waals surface area contributed by atoms with Crippen LogP contribution in [0.1, 0.15) is 34.5 Å². The van der Waals surface area contributed by atoms with Crippen molar-refractivity contribution in [1.29, 1.82) is 0 Å². The van der Waals surface area contributed by atoms with Gasteiger partial charge in [0.15, 0.2) is 0 Å². The highest BCUT2D eigenvalue weighted by Crippen LogP contribution is 2.36. The summed E-state index contributed by atoms with van der Waals surface area (Å²) in [6.45, 7) is 0.521. The third kappa shape index (κ3) is 3.93. The molecular formula is C24H25ClFN5O3. The minimum absolute atomic E-state index is 0.0522. The number of aromatic nitrogens is 3. The first-order chi connectivity index (χ1) is 16.5. The average Bonchev–Trinajstić information content (AvgIpc) is 3.46. The van der Waals surface area contributed by atoms with Gasteiger partial charge in [-0.05, 0) is 18.9 Å². The lowest BCUT2D eigenvalue weighted by Crippen LogP contribution is -2.41. The molecule has 10 heteroatoms. The van der Waals surface area contributed by atoms with Crippen LogP contribution in [-0.2, 0) is 13.0 Å². The van der Waals surface area contributed by atoms with Crippen molar-refractivity contribution in [2.24, 2.45) is 0 Å². The zero-order valence-electron chi connectivity index (χ0n) is 18.4. The number of pyridine rings is 1. The van der Waals surface area contributed by atoms with Gasteiger partial charge < -0.3 is 20.0 Å². The number of rotatable bonds is 6. The van der Waals surface area contributed by atoms with E-state index < -0.39 is 0 Å². The number of carbonyl (C=O) groups is 1. The average molecular weight is 486 g/mol. The van der Waals surface area contributed by atoms with Gasteiger partial charge in [0.25, 0.3) is 5.91 Å². The molecule has 3 aromatic rings. The van der Waals surface area contributed by atoms with Crippen molar-refractivity contribution in [3.05, 3.63) is 70.4 Å². The fraction of sp³-hybridized carbons (Fsp3) is 0.375. The number of fused-ring (bicyclic) bond motifs is 1. The van der Waals surface area contributed by atoms with Gasteiger partial charge >= 0.3 is 0 Å². The van der Waals surface area contributed by atoms with Gasteiger partial charge in [0.2, 0.25) is 0 Å². The van der Waals surface area contributed by atoms with Gasteiger partial charge in [-0.1, -0.05) is 29.8 Å². The Morgan fingerprint density at radius 2 is 1.85 bits per heavy atom. The molecule has 8 nitrogen and oxygen atoms in total. The molecule has 0 saturated carbocycles. The summed E-state index contributed by atoms with van der Waals surface area (Å²) in [6, 6.07) is 7.96. The SMILES string of the molecule is O=C1c2cnn(Cc3ccccc3F)c2CCN1c1cc(N2[C@H](CO)CC[C@@H]2CO)ncc1Cl. The number of anilines is 2. The van der Waals surface area contributed by atoms with Crippen LogP contribution < -0.4 is 9.80 Å². The summed E-state index contributed by atoms with van der Waals surface area (Å²) in [5.41, 5.74) is 2.24. The van der Waals surface area contributed by atoms with E-state index in [1.807, 2.05) is 4.90 Å². The lowest BCUT2D eigenvalue weighted by molar-refractivity contribution is 0.0980. The Hall–Kier alpha value is -3.01. The second-order valence-corrected chi connectivity index (χ2v) is 9.02. The Bertz CT molecular complexity index is 1210. The third-order valence-electron chi connectivity index (χ3n) is 6.69. The first-order valence-corrected chi connectivity index (χ1v) is 11.6. The molecule has 5 rings (SSSR count). The maximum atomic E-state index is 14.1. The molecular weight excluding hydrogens is 461 g/mol. The minimum atomic E-state index is -0.309. The van der Waals surface area contributed by atoms with Gasteiger partial charge in [0.05, 0.1) is 66.2 Å². The summed E-state index contributed by atoms with van der Waals surface area (Å²) < 4.78 is 15.8. The number of hydrogen-bond acceptors (Lipinski definition) is 6. The standard InChI is InChI=1S/C24H25ClFN5O3/c25-19-11-27-23(31-16(13-32)5-6-17(31)14-33)9-22(19)29-8-7-21-18(24(29)34)10-28-30(21)12-15-3-1-2-4-20(15)26/h1-4,9-11,16-17,32-33H,5-8,12-14H2/t16-,17+. The fourth-order valence-corrected chi connectivity index (χ4v) is 5.14. The summed E-state index contributed by atoms with van der Waals surface area (Å²) in [5, 5.41) is 24.3. The number of halogens is 2. The highest BCUT2D eigenvalue weighted by atomic mass is 35.5. The van der Waals surface area contributed by atoms with E-state index in [4.69, 9.17) is 11.6 Å². The Labute approximate surface area is 201 Å². The highest BCUT2D eigenvalue weighted by molar-refractivity contribution is 6.34. The molecule has 2 atom stereocenters. The molecule has 2 aliphatic rings. The predicted octanol–water partition coefficient (Wildman–Crippen LogP) is 2.64. The quantitative estimate of drug-likeness (QED) is 0.557. The number of benzene rings is 1. The van der Waals surface area contributed by atoms with Crippen LogP contribution in [0.2, 0.25) is 5.02 Å². The van der Waals surface area contributed by atoms with Crippen LogP contribution >= 0.6 is 11.6 Å². The summed E-state index contributed by atoms with van der Waals surface area (Å²) >= 11 is 6.46. The van der Waals surface area contributed by atoms with Crippen molar-refractivity contribution in [2.75, 3.05) is 29.6 Å². The molecule has 178 valence electrons. The first kappa shape index (κ1) is 22.8. The Kier molecular flexibility index (Phi) is 6.24. The van der Waals surface area contributed by atoms with Crippen LogP contribution in [0, 0.1) is 5.82 Å². The van der Waals surface area contributed by atoms with Crippen molar-refractivity contribution < 1.29 is 19.4 Å². The summed E-state index contributed by atoms with van der Waals surface area (Å²) in [7, 11) is 0. The van der Waals surface area contributed by atoms with Crippen LogP contribution in [-0.4, -0.2) is 62.7 Å². The van der Waals surface area contributed by atoms with Crippen molar-refractivity contribution >= 4 is 29.0 Å². The van der Waals surface area contributed by atoms with Crippen molar-refractivity contribution in [1.82, 2.24) is 14.8 Å². The Morgan fingerprint density at radius 3 is 2.56 bits per heavy atom. The first-order valence-electron chi connectivity index (χ1n) is 11.3. The zero-order valence-corrected chi connectivity index (χ0v) is 19.2. The lowest BCUT2D eigenvalue weighted by Gasteiger charge is -2.32. The smallest absolute Gasteiger partial charge is 0.261 e. The third-order valence-corrected chi connectivity index (χ3v) is 6.98. The number of carbonyl (C=O) groups excluding carboxylic acids is 1. The van der Waals surface area contributed by atoms with E-state index in [1.54, 1.807) is 33.8 Å². The van der Waals surface area contributed by atoms with E-state index in [9.17, 15) is 19.4 Å². The van der Waals surface area contributed by atoms with Crippen LogP contribution in [0.3, 0.4) is 0 Å². The van der Waals surface area contributed by atoms with E-state index >= 15 is 0 Å². The molecule has 1 saturated heterocycles. The number of amides is 1. The normalized spacial score (nSPS) is 20.2. The summed E-state index contributed by atoms with van der Waals surface area (Å²) in [6.07, 6.45) is 5.04. The topological polar surface area (TPSA) is 94.7 Å². The molecule has 4 heterocycles. The van der Waals surface area contributed by atoms with E-state index in [-0.39, 0.29) is 43.6 Å². The summed E-state index contributed by atoms with van der Waals surface area (Å²) in [5.74, 6) is 0.0126. The van der Waals surface area contributed by atoms with Gasteiger partial charge in [-0.2, -0.15) is 5.10 Å². The maximum absolute atomic E-state index is 14.1. The van der Waals surface area contributed by atoms with Crippen LogP contribution in [0.4, 0.5) is 15.9 Å². The molecule has 2 aliphatic heterocycles. The molecule has 2 N–H and O–H groups in total. The highest BCUT2D eigenvalue weighted by Gasteiger charge is 2.35. The predicted molar refractivity (Wildman–Crippen MR) is 126 cm³/mol. The van der Waals surface area contributed by atoms with Gasteiger partial charge in [0, 0.05) is 24.6 Å².